The summed E-state index contributed by atoms with van der Waals surface area (Å²) in [6.45, 7) is 0. The average molecular weight is 261 g/mol. The molecule has 0 amide bonds. The molecule has 0 spiro atoms. The third-order valence-electron chi connectivity index (χ3n) is 3.14. The van der Waals surface area contributed by atoms with Crippen molar-refractivity contribution in [2.24, 2.45) is 7.05 Å². The normalized spacial score (nSPS) is 14.6. The molecule has 1 N–H and O–H groups in total. The van der Waals surface area contributed by atoms with Crippen LogP contribution in [-0.2, 0) is 7.05 Å². The Morgan fingerprint density at radius 1 is 1.42 bits per heavy atom. The van der Waals surface area contributed by atoms with E-state index in [9.17, 15) is 9.18 Å². The van der Waals surface area contributed by atoms with Crippen LogP contribution < -0.4 is 0 Å². The van der Waals surface area contributed by atoms with Crippen molar-refractivity contribution >= 4 is 5.97 Å². The number of benzene rings is 1. The molecule has 0 unspecified atom stereocenters. The maximum Gasteiger partial charge on any atom is 0.335 e. The second kappa shape index (κ2) is 4.15. The molecule has 5 nitrogen and oxygen atoms in total. The number of carboxylic acids is 1. The lowest BCUT2D eigenvalue weighted by molar-refractivity contribution is 0.0696. The van der Waals surface area contributed by atoms with E-state index in [1.54, 1.807) is 11.7 Å². The van der Waals surface area contributed by atoms with Crippen molar-refractivity contribution < 1.29 is 14.3 Å². The smallest absolute Gasteiger partial charge is 0.335 e. The highest BCUT2D eigenvalue weighted by Gasteiger charge is 2.29. The lowest BCUT2D eigenvalue weighted by atomic mass is 10.1. The fraction of sp³-hybridized carbons (Fsp3) is 0.308. The Hall–Kier alpha value is -2.24. The van der Waals surface area contributed by atoms with Gasteiger partial charge in [-0.15, -0.1) is 0 Å². The first-order chi connectivity index (χ1) is 9.04. The summed E-state index contributed by atoms with van der Waals surface area (Å²) in [7, 11) is 1.79. The van der Waals surface area contributed by atoms with Crippen LogP contribution in [0.5, 0.6) is 0 Å². The molecule has 1 heterocycles. The van der Waals surface area contributed by atoms with Crippen molar-refractivity contribution in [2.75, 3.05) is 0 Å². The van der Waals surface area contributed by atoms with Gasteiger partial charge in [0.15, 0.2) is 5.82 Å². The molecule has 0 radical (unpaired) electrons. The summed E-state index contributed by atoms with van der Waals surface area (Å²) >= 11 is 0. The Labute approximate surface area is 108 Å². The predicted molar refractivity (Wildman–Crippen MR) is 65.3 cm³/mol. The highest BCUT2D eigenvalue weighted by atomic mass is 19.1. The van der Waals surface area contributed by atoms with Crippen LogP contribution in [0, 0.1) is 5.82 Å². The van der Waals surface area contributed by atoms with Crippen LogP contribution in [0.1, 0.15) is 34.9 Å². The van der Waals surface area contributed by atoms with Crippen LogP contribution >= 0.6 is 0 Å². The van der Waals surface area contributed by atoms with Crippen LogP contribution in [-0.4, -0.2) is 25.8 Å². The van der Waals surface area contributed by atoms with E-state index in [-0.39, 0.29) is 5.56 Å². The van der Waals surface area contributed by atoms with Gasteiger partial charge in [-0.2, -0.15) is 5.10 Å². The predicted octanol–water partition coefficient (Wildman–Crippen LogP) is 2.20. The van der Waals surface area contributed by atoms with Gasteiger partial charge in [-0.05, 0) is 31.0 Å². The van der Waals surface area contributed by atoms with Gasteiger partial charge in [0.05, 0.1) is 5.56 Å². The zero-order valence-corrected chi connectivity index (χ0v) is 10.3. The standard InChI is InChI=1S/C13H12FN3O2/c1-17-12(7-2-3-7)15-11(16-17)8-4-9(13(18)19)6-10(14)5-8/h4-7H,2-3H2,1H3,(H,18,19). The Kier molecular flexibility index (Phi) is 2.58. The molecule has 1 saturated carbocycles. The van der Waals surface area contributed by atoms with E-state index in [1.807, 2.05) is 0 Å². The zero-order chi connectivity index (χ0) is 13.6. The van der Waals surface area contributed by atoms with Crippen LogP contribution in [0.4, 0.5) is 4.39 Å². The number of aromatic carboxylic acids is 1. The summed E-state index contributed by atoms with van der Waals surface area (Å²) < 4.78 is 15.1. The van der Waals surface area contributed by atoms with E-state index < -0.39 is 11.8 Å². The molecule has 1 aliphatic carbocycles. The monoisotopic (exact) mass is 261 g/mol. The highest BCUT2D eigenvalue weighted by molar-refractivity contribution is 5.89. The molecule has 6 heteroatoms. The topological polar surface area (TPSA) is 68.0 Å². The molecule has 1 aliphatic rings. The van der Waals surface area contributed by atoms with Crippen molar-refractivity contribution in [1.82, 2.24) is 14.8 Å². The number of rotatable bonds is 3. The Bertz CT molecular complexity index is 662. The molecule has 1 fully saturated rings. The first-order valence-corrected chi connectivity index (χ1v) is 6.00. The van der Waals surface area contributed by atoms with Crippen LogP contribution in [0.2, 0.25) is 0 Å². The molecule has 3 rings (SSSR count). The van der Waals surface area contributed by atoms with Crippen molar-refractivity contribution in [3.05, 3.63) is 35.4 Å². The van der Waals surface area contributed by atoms with Crippen LogP contribution in [0.25, 0.3) is 11.4 Å². The molecule has 98 valence electrons. The fourth-order valence-corrected chi connectivity index (χ4v) is 2.06. The average Bonchev–Trinajstić information content (AvgIpc) is 3.12. The summed E-state index contributed by atoms with van der Waals surface area (Å²) in [5.74, 6) is -0.101. The minimum Gasteiger partial charge on any atom is -0.478 e. The second-order valence-electron chi connectivity index (χ2n) is 4.73. The number of halogens is 1. The lowest BCUT2D eigenvalue weighted by Gasteiger charge is -1.99. The third kappa shape index (κ3) is 2.21. The molecule has 2 aromatic rings. The summed E-state index contributed by atoms with van der Waals surface area (Å²) in [6.07, 6.45) is 2.19. The van der Waals surface area contributed by atoms with E-state index in [0.717, 1.165) is 24.7 Å². The van der Waals surface area contributed by atoms with Gasteiger partial charge >= 0.3 is 5.97 Å². The molecular formula is C13H12FN3O2. The summed E-state index contributed by atoms with van der Waals surface area (Å²) in [5, 5.41) is 13.2. The number of hydrogen-bond donors (Lipinski definition) is 1. The largest absolute Gasteiger partial charge is 0.478 e. The second-order valence-corrected chi connectivity index (χ2v) is 4.73. The Balaban J connectivity index is 2.05. The quantitative estimate of drug-likeness (QED) is 0.919. The van der Waals surface area contributed by atoms with E-state index in [0.29, 0.717) is 17.3 Å². The third-order valence-corrected chi connectivity index (χ3v) is 3.14. The van der Waals surface area contributed by atoms with Crippen molar-refractivity contribution in [2.45, 2.75) is 18.8 Å². The highest BCUT2D eigenvalue weighted by Crippen LogP contribution is 2.39. The maximum atomic E-state index is 13.4. The van der Waals surface area contributed by atoms with Gasteiger partial charge in [0, 0.05) is 18.5 Å². The maximum absolute atomic E-state index is 13.4. The van der Waals surface area contributed by atoms with Gasteiger partial charge in [-0.1, -0.05) is 0 Å². The van der Waals surface area contributed by atoms with Gasteiger partial charge in [-0.25, -0.2) is 14.2 Å². The van der Waals surface area contributed by atoms with Gasteiger partial charge < -0.3 is 5.11 Å². The van der Waals surface area contributed by atoms with Gasteiger partial charge in [0.2, 0.25) is 0 Å². The SMILES string of the molecule is Cn1nc(-c2cc(F)cc(C(=O)O)c2)nc1C1CC1. The number of aromatic nitrogens is 3. The lowest BCUT2D eigenvalue weighted by Crippen LogP contribution is -1.98. The summed E-state index contributed by atoms with van der Waals surface area (Å²) in [4.78, 5) is 15.3. The molecule has 1 aromatic heterocycles. The van der Waals surface area contributed by atoms with Gasteiger partial charge in [-0.3, -0.25) is 4.68 Å². The number of carboxylic acid groups (broad SMARTS) is 1. The van der Waals surface area contributed by atoms with Crippen LogP contribution in [0.15, 0.2) is 18.2 Å². The molecule has 1 aromatic carbocycles. The van der Waals surface area contributed by atoms with E-state index in [2.05, 4.69) is 10.1 Å². The summed E-state index contributed by atoms with van der Waals surface area (Å²) in [6, 6.07) is 3.62. The molecule has 19 heavy (non-hydrogen) atoms. The van der Waals surface area contributed by atoms with E-state index >= 15 is 0 Å². The van der Waals surface area contributed by atoms with E-state index in [1.165, 1.54) is 12.1 Å². The summed E-state index contributed by atoms with van der Waals surface area (Å²) in [5.41, 5.74) is 0.287. The minimum atomic E-state index is -1.17. The van der Waals surface area contributed by atoms with Gasteiger partial charge in [0.25, 0.3) is 0 Å². The molecule has 0 aliphatic heterocycles. The fourth-order valence-electron chi connectivity index (χ4n) is 2.06. The molecular weight excluding hydrogens is 249 g/mol. The number of nitrogens with zero attached hydrogens (tertiary/aromatic N) is 3. The first kappa shape index (κ1) is 11.8. The Morgan fingerprint density at radius 3 is 2.79 bits per heavy atom. The number of hydrogen-bond acceptors (Lipinski definition) is 3. The van der Waals surface area contributed by atoms with Crippen LogP contribution in [0.3, 0.4) is 0 Å². The minimum absolute atomic E-state index is 0.101. The number of carbonyl (C=O) groups is 1. The number of aryl methyl sites for hydroxylation is 1. The van der Waals surface area contributed by atoms with Crippen molar-refractivity contribution in [3.63, 3.8) is 0 Å². The van der Waals surface area contributed by atoms with E-state index in [4.69, 9.17) is 5.11 Å². The zero-order valence-electron chi connectivity index (χ0n) is 10.3. The molecule has 0 atom stereocenters. The molecule has 0 bridgehead atoms. The Morgan fingerprint density at radius 2 is 2.16 bits per heavy atom. The first-order valence-electron chi connectivity index (χ1n) is 6.00. The van der Waals surface area contributed by atoms with Gasteiger partial charge in [0.1, 0.15) is 11.6 Å². The van der Waals surface area contributed by atoms with Crippen molar-refractivity contribution in [3.8, 4) is 11.4 Å². The van der Waals surface area contributed by atoms with Crippen molar-refractivity contribution in [1.29, 1.82) is 0 Å². The molecule has 0 saturated heterocycles.